The van der Waals surface area contributed by atoms with Gasteiger partial charge in [-0.25, -0.2) is 4.98 Å². The second-order valence-corrected chi connectivity index (χ2v) is 7.34. The number of likely N-dealkylation sites (N-methyl/N-ethyl adjacent to an activating group) is 1. The lowest BCUT2D eigenvalue weighted by Crippen LogP contribution is -2.29. The smallest absolute Gasteiger partial charge is 0.320 e. The Morgan fingerprint density at radius 2 is 1.88 bits per heavy atom. The van der Waals surface area contributed by atoms with Crippen molar-refractivity contribution in [2.24, 2.45) is 0 Å². The molecule has 174 valence electrons. The molecule has 3 N–H and O–H groups in total. The van der Waals surface area contributed by atoms with Crippen LogP contribution in [-0.4, -0.2) is 84.6 Å². The molecule has 0 saturated carbocycles. The molecule has 2 heterocycles. The van der Waals surface area contributed by atoms with Crippen LogP contribution in [0.4, 0.5) is 11.8 Å². The first-order valence-corrected chi connectivity index (χ1v) is 10.8. The zero-order valence-electron chi connectivity index (χ0n) is 19.1. The van der Waals surface area contributed by atoms with E-state index in [1.165, 1.54) is 0 Å². The van der Waals surface area contributed by atoms with Crippen molar-refractivity contribution < 1.29 is 14.2 Å². The monoisotopic (exact) mass is 443 g/mol. The van der Waals surface area contributed by atoms with Crippen LogP contribution in [0, 0.1) is 0 Å². The number of fused-ring (bicyclic) bond motifs is 1. The summed E-state index contributed by atoms with van der Waals surface area (Å²) in [6, 6.07) is 10.4. The lowest BCUT2D eigenvalue weighted by atomic mass is 10.2. The SMILES string of the molecule is CCOCCN(C)CCNc1nc2c(N)nc(OCCOC)nc2n1Cc1ccccc1. The van der Waals surface area contributed by atoms with Crippen LogP contribution in [0.2, 0.25) is 0 Å². The number of imidazole rings is 1. The van der Waals surface area contributed by atoms with Crippen LogP contribution < -0.4 is 15.8 Å². The van der Waals surface area contributed by atoms with Crippen molar-refractivity contribution in [3.8, 4) is 6.01 Å². The molecule has 0 fully saturated rings. The van der Waals surface area contributed by atoms with Crippen molar-refractivity contribution in [3.05, 3.63) is 35.9 Å². The number of hydrogen-bond donors (Lipinski definition) is 2. The van der Waals surface area contributed by atoms with Gasteiger partial charge in [0.1, 0.15) is 6.61 Å². The predicted octanol–water partition coefficient (Wildman–Crippen LogP) is 1.86. The topological polar surface area (TPSA) is 113 Å². The van der Waals surface area contributed by atoms with E-state index in [0.29, 0.717) is 43.4 Å². The highest BCUT2D eigenvalue weighted by atomic mass is 16.5. The van der Waals surface area contributed by atoms with E-state index < -0.39 is 0 Å². The molecule has 10 nitrogen and oxygen atoms in total. The number of aromatic nitrogens is 4. The van der Waals surface area contributed by atoms with E-state index in [1.54, 1.807) is 7.11 Å². The number of hydrogen-bond acceptors (Lipinski definition) is 9. The summed E-state index contributed by atoms with van der Waals surface area (Å²) in [6.07, 6.45) is 0. The van der Waals surface area contributed by atoms with Crippen LogP contribution in [0.25, 0.3) is 11.2 Å². The largest absolute Gasteiger partial charge is 0.461 e. The van der Waals surface area contributed by atoms with Gasteiger partial charge in [0.05, 0.1) is 19.8 Å². The second-order valence-electron chi connectivity index (χ2n) is 7.34. The van der Waals surface area contributed by atoms with Gasteiger partial charge in [0.15, 0.2) is 17.0 Å². The Balaban J connectivity index is 1.81. The van der Waals surface area contributed by atoms with Gasteiger partial charge in [-0.2, -0.15) is 9.97 Å². The average Bonchev–Trinajstić information content (AvgIpc) is 3.13. The minimum atomic E-state index is 0.212. The minimum absolute atomic E-state index is 0.212. The molecule has 3 rings (SSSR count). The highest BCUT2D eigenvalue weighted by molar-refractivity contribution is 5.84. The Morgan fingerprint density at radius 3 is 2.62 bits per heavy atom. The van der Waals surface area contributed by atoms with E-state index in [0.717, 1.165) is 31.9 Å². The van der Waals surface area contributed by atoms with Gasteiger partial charge in [0, 0.05) is 33.4 Å². The molecule has 0 aliphatic rings. The molecule has 0 aliphatic heterocycles. The van der Waals surface area contributed by atoms with Crippen LogP contribution in [0.3, 0.4) is 0 Å². The summed E-state index contributed by atoms with van der Waals surface area (Å²) in [5.74, 6) is 0.975. The maximum atomic E-state index is 6.19. The fourth-order valence-electron chi connectivity index (χ4n) is 3.17. The molecule has 0 spiro atoms. The second kappa shape index (κ2) is 12.2. The van der Waals surface area contributed by atoms with E-state index >= 15 is 0 Å². The third-order valence-corrected chi connectivity index (χ3v) is 4.90. The van der Waals surface area contributed by atoms with Gasteiger partial charge in [0.25, 0.3) is 0 Å². The van der Waals surface area contributed by atoms with Crippen LogP contribution >= 0.6 is 0 Å². The zero-order valence-corrected chi connectivity index (χ0v) is 19.1. The van der Waals surface area contributed by atoms with Gasteiger partial charge < -0.3 is 30.2 Å². The highest BCUT2D eigenvalue weighted by Crippen LogP contribution is 2.25. The van der Waals surface area contributed by atoms with Crippen LogP contribution in [0.1, 0.15) is 12.5 Å². The Hall–Kier alpha value is -2.95. The maximum absolute atomic E-state index is 6.19. The third kappa shape index (κ3) is 6.52. The summed E-state index contributed by atoms with van der Waals surface area (Å²) in [6.45, 7) is 7.25. The molecular weight excluding hydrogens is 410 g/mol. The number of nitrogens with one attached hydrogen (secondary N) is 1. The molecule has 3 aromatic rings. The number of anilines is 2. The van der Waals surface area contributed by atoms with Gasteiger partial charge in [-0.15, -0.1) is 0 Å². The standard InChI is InChI=1S/C22H33N7O3/c1-4-31-13-12-28(2)11-10-24-21-25-18-19(23)26-22(32-15-14-30-3)27-20(18)29(21)16-17-8-6-5-7-9-17/h5-9H,4,10-16H2,1-3H3,(H,24,25)(H2,23,26,27). The van der Waals surface area contributed by atoms with E-state index in [4.69, 9.17) is 24.9 Å². The zero-order chi connectivity index (χ0) is 22.8. The van der Waals surface area contributed by atoms with E-state index in [-0.39, 0.29) is 11.8 Å². The lowest BCUT2D eigenvalue weighted by molar-refractivity contribution is 0.123. The first-order valence-electron chi connectivity index (χ1n) is 10.8. The Bertz CT molecular complexity index is 965. The molecule has 2 aromatic heterocycles. The molecule has 0 saturated heterocycles. The quantitative estimate of drug-likeness (QED) is 0.361. The molecule has 10 heteroatoms. The average molecular weight is 444 g/mol. The summed E-state index contributed by atoms with van der Waals surface area (Å²) in [5.41, 5.74) is 8.50. The number of benzene rings is 1. The van der Waals surface area contributed by atoms with Gasteiger partial charge in [-0.3, -0.25) is 4.57 Å². The van der Waals surface area contributed by atoms with E-state index in [9.17, 15) is 0 Å². The summed E-state index contributed by atoms with van der Waals surface area (Å²) >= 11 is 0. The number of nitrogens with zero attached hydrogens (tertiary/aromatic N) is 5. The highest BCUT2D eigenvalue weighted by Gasteiger charge is 2.18. The van der Waals surface area contributed by atoms with Crippen molar-refractivity contribution in [1.82, 2.24) is 24.4 Å². The number of rotatable bonds is 14. The van der Waals surface area contributed by atoms with Crippen molar-refractivity contribution in [2.45, 2.75) is 13.5 Å². The van der Waals surface area contributed by atoms with E-state index in [1.807, 2.05) is 29.7 Å². The molecule has 32 heavy (non-hydrogen) atoms. The number of ether oxygens (including phenoxy) is 3. The molecule has 1 aromatic carbocycles. The third-order valence-electron chi connectivity index (χ3n) is 4.90. The first kappa shape index (κ1) is 23.7. The minimum Gasteiger partial charge on any atom is -0.461 e. The van der Waals surface area contributed by atoms with Crippen molar-refractivity contribution >= 4 is 22.9 Å². The first-order chi connectivity index (χ1) is 15.6. The Kier molecular flexibility index (Phi) is 9.02. The Morgan fingerprint density at radius 1 is 1.06 bits per heavy atom. The molecule has 0 atom stereocenters. The van der Waals surface area contributed by atoms with Crippen LogP contribution in [0.15, 0.2) is 30.3 Å². The molecular formula is C22H33N7O3. The van der Waals surface area contributed by atoms with Crippen LogP contribution in [0.5, 0.6) is 6.01 Å². The molecule has 0 bridgehead atoms. The summed E-state index contributed by atoms with van der Waals surface area (Å²) in [5, 5.41) is 3.43. The molecule has 0 amide bonds. The molecule has 0 aliphatic carbocycles. The van der Waals surface area contributed by atoms with Gasteiger partial charge in [-0.05, 0) is 19.5 Å². The fraction of sp³-hybridized carbons (Fsp3) is 0.500. The molecule has 0 unspecified atom stereocenters. The number of nitrogens with two attached hydrogens (primary N) is 1. The lowest BCUT2D eigenvalue weighted by Gasteiger charge is -2.17. The van der Waals surface area contributed by atoms with Gasteiger partial charge in [-0.1, -0.05) is 30.3 Å². The van der Waals surface area contributed by atoms with Crippen molar-refractivity contribution in [3.63, 3.8) is 0 Å². The Labute approximate surface area is 188 Å². The van der Waals surface area contributed by atoms with Gasteiger partial charge >= 0.3 is 6.01 Å². The molecule has 0 radical (unpaired) electrons. The number of methoxy groups -OCH3 is 1. The maximum Gasteiger partial charge on any atom is 0.320 e. The summed E-state index contributed by atoms with van der Waals surface area (Å²) in [7, 11) is 3.68. The van der Waals surface area contributed by atoms with Gasteiger partial charge in [0.2, 0.25) is 5.95 Å². The van der Waals surface area contributed by atoms with E-state index in [2.05, 4.69) is 39.4 Å². The predicted molar refractivity (Wildman–Crippen MR) is 125 cm³/mol. The normalized spacial score (nSPS) is 11.4. The number of nitrogen functional groups attached to an aromatic ring is 1. The summed E-state index contributed by atoms with van der Waals surface area (Å²) < 4.78 is 18.1. The van der Waals surface area contributed by atoms with Crippen molar-refractivity contribution in [2.75, 3.05) is 71.3 Å². The van der Waals surface area contributed by atoms with Crippen LogP contribution in [-0.2, 0) is 16.0 Å². The van der Waals surface area contributed by atoms with Crippen molar-refractivity contribution in [1.29, 1.82) is 0 Å². The summed E-state index contributed by atoms with van der Waals surface area (Å²) in [4.78, 5) is 15.7. The fourth-order valence-corrected chi connectivity index (χ4v) is 3.17.